The molecular formula is C15H12FNO5. The Morgan fingerprint density at radius 3 is 2.64 bits per heavy atom. The molecule has 0 aliphatic rings. The first-order valence-corrected chi connectivity index (χ1v) is 6.37. The van der Waals surface area contributed by atoms with Crippen LogP contribution in [0.2, 0.25) is 0 Å². The summed E-state index contributed by atoms with van der Waals surface area (Å²) in [5.41, 5.74) is -0.128. The van der Waals surface area contributed by atoms with Crippen LogP contribution in [-0.4, -0.2) is 24.1 Å². The van der Waals surface area contributed by atoms with Crippen LogP contribution in [0.3, 0.4) is 0 Å². The maximum atomic E-state index is 13.3. The van der Waals surface area contributed by atoms with Gasteiger partial charge in [-0.3, -0.25) is 10.1 Å². The topological polar surface area (TPSA) is 78.7 Å². The second-order valence-electron chi connectivity index (χ2n) is 4.22. The lowest BCUT2D eigenvalue weighted by Crippen LogP contribution is -2.13. The fourth-order valence-corrected chi connectivity index (χ4v) is 1.68. The van der Waals surface area contributed by atoms with Crippen LogP contribution in [0.4, 0.5) is 10.1 Å². The number of benzene rings is 2. The molecule has 0 saturated carbocycles. The van der Waals surface area contributed by atoms with Crippen molar-refractivity contribution in [3.8, 4) is 5.75 Å². The Morgan fingerprint density at radius 2 is 1.91 bits per heavy atom. The molecule has 0 radical (unpaired) electrons. The van der Waals surface area contributed by atoms with E-state index in [1.165, 1.54) is 36.4 Å². The van der Waals surface area contributed by atoms with Crippen molar-refractivity contribution >= 4 is 11.7 Å². The normalized spacial score (nSPS) is 10.0. The molecule has 0 spiro atoms. The minimum atomic E-state index is -0.708. The van der Waals surface area contributed by atoms with Crippen LogP contribution in [0.25, 0.3) is 0 Å². The van der Waals surface area contributed by atoms with Gasteiger partial charge in [-0.1, -0.05) is 18.2 Å². The predicted octanol–water partition coefficient (Wildman–Crippen LogP) is 2.97. The Bertz CT molecular complexity index is 689. The molecule has 0 heterocycles. The summed E-state index contributed by atoms with van der Waals surface area (Å²) in [4.78, 5) is 21.7. The van der Waals surface area contributed by atoms with Gasteiger partial charge in [-0.2, -0.15) is 0 Å². The second-order valence-corrected chi connectivity index (χ2v) is 4.22. The number of carbonyl (C=O) groups is 1. The lowest BCUT2D eigenvalue weighted by atomic mass is 10.2. The van der Waals surface area contributed by atoms with Gasteiger partial charge >= 0.3 is 5.97 Å². The van der Waals surface area contributed by atoms with Crippen LogP contribution in [0.15, 0.2) is 48.5 Å². The Morgan fingerprint density at radius 1 is 1.14 bits per heavy atom. The van der Waals surface area contributed by atoms with Crippen molar-refractivity contribution < 1.29 is 23.6 Å². The van der Waals surface area contributed by atoms with Gasteiger partial charge < -0.3 is 9.47 Å². The zero-order valence-corrected chi connectivity index (χ0v) is 11.4. The molecule has 0 amide bonds. The summed E-state index contributed by atoms with van der Waals surface area (Å²) in [6.07, 6.45) is 0. The van der Waals surface area contributed by atoms with Gasteiger partial charge in [0.25, 0.3) is 5.69 Å². The molecule has 6 nitrogen and oxygen atoms in total. The molecule has 0 aliphatic carbocycles. The molecule has 0 saturated heterocycles. The van der Waals surface area contributed by atoms with Gasteiger partial charge in [0.1, 0.15) is 13.2 Å². The number of nitrogens with zero attached hydrogens (tertiary/aromatic N) is 1. The number of nitro groups is 1. The van der Waals surface area contributed by atoms with Crippen molar-refractivity contribution in [1.29, 1.82) is 0 Å². The maximum absolute atomic E-state index is 13.3. The van der Waals surface area contributed by atoms with Crippen LogP contribution < -0.4 is 4.74 Å². The number of esters is 1. The molecule has 22 heavy (non-hydrogen) atoms. The first-order chi connectivity index (χ1) is 10.6. The molecule has 0 fully saturated rings. The van der Waals surface area contributed by atoms with Crippen molar-refractivity contribution in [3.05, 3.63) is 70.0 Å². The Balaban J connectivity index is 1.84. The van der Waals surface area contributed by atoms with Gasteiger partial charge in [0, 0.05) is 12.1 Å². The van der Waals surface area contributed by atoms with E-state index >= 15 is 0 Å². The number of para-hydroxylation sites is 1. The van der Waals surface area contributed by atoms with E-state index in [-0.39, 0.29) is 30.2 Å². The maximum Gasteiger partial charge on any atom is 0.338 e. The minimum Gasteiger partial charge on any atom is -0.487 e. The van der Waals surface area contributed by atoms with Gasteiger partial charge in [-0.15, -0.1) is 0 Å². The number of carbonyl (C=O) groups excluding carboxylic acids is 1. The summed E-state index contributed by atoms with van der Waals surface area (Å²) < 4.78 is 23.3. The number of ether oxygens (including phenoxy) is 2. The van der Waals surface area contributed by atoms with Crippen LogP contribution in [0, 0.1) is 15.9 Å². The molecule has 2 aromatic rings. The fourth-order valence-electron chi connectivity index (χ4n) is 1.68. The summed E-state index contributed by atoms with van der Waals surface area (Å²) in [6, 6.07) is 11.1. The summed E-state index contributed by atoms with van der Waals surface area (Å²) in [5, 5.41) is 10.6. The summed E-state index contributed by atoms with van der Waals surface area (Å²) in [6.45, 7) is -0.128. The van der Waals surface area contributed by atoms with Gasteiger partial charge in [-0.05, 0) is 18.2 Å². The van der Waals surface area contributed by atoms with Crippen LogP contribution in [-0.2, 0) is 4.74 Å². The zero-order chi connectivity index (χ0) is 15.9. The molecule has 0 atom stereocenters. The Kier molecular flexibility index (Phi) is 5.02. The molecule has 0 N–H and O–H groups in total. The van der Waals surface area contributed by atoms with Crippen molar-refractivity contribution in [2.45, 2.75) is 0 Å². The van der Waals surface area contributed by atoms with E-state index in [1.807, 2.05) is 0 Å². The van der Waals surface area contributed by atoms with E-state index in [1.54, 1.807) is 6.07 Å². The average Bonchev–Trinajstić information content (AvgIpc) is 2.53. The van der Waals surface area contributed by atoms with Crippen LogP contribution in [0.5, 0.6) is 5.75 Å². The van der Waals surface area contributed by atoms with Gasteiger partial charge in [0.15, 0.2) is 11.6 Å². The highest BCUT2D eigenvalue weighted by molar-refractivity contribution is 5.90. The van der Waals surface area contributed by atoms with E-state index in [4.69, 9.17) is 9.47 Å². The molecule has 2 rings (SSSR count). The number of nitro benzene ring substituents is 1. The van der Waals surface area contributed by atoms with Crippen LogP contribution in [0.1, 0.15) is 10.4 Å². The molecule has 114 valence electrons. The highest BCUT2D eigenvalue weighted by atomic mass is 19.1. The van der Waals surface area contributed by atoms with E-state index in [0.717, 1.165) is 6.07 Å². The first-order valence-electron chi connectivity index (χ1n) is 6.37. The number of rotatable bonds is 6. The lowest BCUT2D eigenvalue weighted by molar-refractivity contribution is -0.384. The third-order valence-corrected chi connectivity index (χ3v) is 2.70. The number of halogens is 1. The zero-order valence-electron chi connectivity index (χ0n) is 11.4. The van der Waals surface area contributed by atoms with Gasteiger partial charge in [-0.25, -0.2) is 9.18 Å². The van der Waals surface area contributed by atoms with Crippen molar-refractivity contribution in [2.75, 3.05) is 13.2 Å². The van der Waals surface area contributed by atoms with Crippen molar-refractivity contribution in [2.24, 2.45) is 0 Å². The molecule has 0 bridgehead atoms. The quantitative estimate of drug-likeness (QED) is 0.355. The van der Waals surface area contributed by atoms with Crippen molar-refractivity contribution in [3.63, 3.8) is 0 Å². The molecule has 0 aromatic heterocycles. The highest BCUT2D eigenvalue weighted by Crippen LogP contribution is 2.16. The van der Waals surface area contributed by atoms with Crippen LogP contribution >= 0.6 is 0 Å². The first kappa shape index (κ1) is 15.4. The third-order valence-electron chi connectivity index (χ3n) is 2.70. The Labute approximate surface area is 125 Å². The second kappa shape index (κ2) is 7.16. The molecule has 0 unspecified atom stereocenters. The predicted molar refractivity (Wildman–Crippen MR) is 75.3 cm³/mol. The SMILES string of the molecule is O=C(OCCOc1ccccc1F)c1cccc([N+](=O)[O-])c1. The van der Waals surface area contributed by atoms with Gasteiger partial charge in [0.2, 0.25) is 0 Å². The molecule has 0 aliphatic heterocycles. The largest absolute Gasteiger partial charge is 0.487 e. The smallest absolute Gasteiger partial charge is 0.338 e. The number of hydrogen-bond acceptors (Lipinski definition) is 5. The standard InChI is InChI=1S/C15H12FNO5/c16-13-6-1-2-7-14(13)21-8-9-22-15(18)11-4-3-5-12(10-11)17(19)20/h1-7,10H,8-9H2. The third kappa shape index (κ3) is 4.02. The summed E-state index contributed by atoms with van der Waals surface area (Å²) >= 11 is 0. The number of non-ortho nitro benzene ring substituents is 1. The fraction of sp³-hybridized carbons (Fsp3) is 0.133. The van der Waals surface area contributed by atoms with Crippen molar-refractivity contribution in [1.82, 2.24) is 0 Å². The van der Waals surface area contributed by atoms with E-state index in [0.29, 0.717) is 0 Å². The van der Waals surface area contributed by atoms with E-state index in [9.17, 15) is 19.3 Å². The molecule has 2 aromatic carbocycles. The molecular weight excluding hydrogens is 293 g/mol. The highest BCUT2D eigenvalue weighted by Gasteiger charge is 2.12. The van der Waals surface area contributed by atoms with Gasteiger partial charge in [0.05, 0.1) is 10.5 Å². The molecule has 7 heteroatoms. The van der Waals surface area contributed by atoms with E-state index < -0.39 is 16.7 Å². The summed E-state index contributed by atoms with van der Waals surface area (Å²) in [5.74, 6) is -1.15. The summed E-state index contributed by atoms with van der Waals surface area (Å²) in [7, 11) is 0. The lowest BCUT2D eigenvalue weighted by Gasteiger charge is -2.08. The monoisotopic (exact) mass is 305 g/mol. The Hall–Kier alpha value is -2.96. The van der Waals surface area contributed by atoms with E-state index in [2.05, 4.69) is 0 Å². The average molecular weight is 305 g/mol. The minimum absolute atomic E-state index is 0.0262. The number of hydrogen-bond donors (Lipinski definition) is 0.